The van der Waals surface area contributed by atoms with E-state index in [4.69, 9.17) is 11.1 Å². The molecule has 0 amide bonds. The SMILES string of the molecule is N=C(N)c1ncccc1CN1CCC(N2CCCCC2)C1. The molecule has 3 rings (SSSR count). The lowest BCUT2D eigenvalue weighted by atomic mass is 10.1. The molecule has 2 aliphatic rings. The molecular weight excluding hydrogens is 262 g/mol. The van der Waals surface area contributed by atoms with E-state index in [1.807, 2.05) is 12.1 Å². The van der Waals surface area contributed by atoms with Gasteiger partial charge < -0.3 is 5.73 Å². The number of likely N-dealkylation sites (tertiary alicyclic amines) is 2. The van der Waals surface area contributed by atoms with Crippen molar-refractivity contribution in [2.24, 2.45) is 5.73 Å². The molecule has 1 aromatic heterocycles. The van der Waals surface area contributed by atoms with Gasteiger partial charge in [-0.25, -0.2) is 0 Å². The fourth-order valence-corrected chi connectivity index (χ4v) is 3.59. The minimum absolute atomic E-state index is 0.0670. The molecule has 5 heteroatoms. The smallest absolute Gasteiger partial charge is 0.142 e. The fourth-order valence-electron chi connectivity index (χ4n) is 3.59. The second kappa shape index (κ2) is 6.54. The van der Waals surface area contributed by atoms with Crippen molar-refractivity contribution < 1.29 is 0 Å². The van der Waals surface area contributed by atoms with Crippen LogP contribution in [0.2, 0.25) is 0 Å². The van der Waals surface area contributed by atoms with E-state index in [0.717, 1.165) is 25.2 Å². The van der Waals surface area contributed by atoms with Crippen molar-refractivity contribution in [1.29, 1.82) is 5.41 Å². The van der Waals surface area contributed by atoms with Gasteiger partial charge in [-0.2, -0.15) is 0 Å². The molecule has 5 nitrogen and oxygen atoms in total. The summed E-state index contributed by atoms with van der Waals surface area (Å²) in [7, 11) is 0. The highest BCUT2D eigenvalue weighted by Crippen LogP contribution is 2.22. The summed E-state index contributed by atoms with van der Waals surface area (Å²) in [6.07, 6.45) is 7.07. The van der Waals surface area contributed by atoms with Gasteiger partial charge in [-0.1, -0.05) is 12.5 Å². The molecule has 21 heavy (non-hydrogen) atoms. The Bertz CT molecular complexity index is 495. The zero-order chi connectivity index (χ0) is 14.7. The van der Waals surface area contributed by atoms with Crippen molar-refractivity contribution in [1.82, 2.24) is 14.8 Å². The molecule has 0 spiro atoms. The van der Waals surface area contributed by atoms with Crippen LogP contribution in [0, 0.1) is 5.41 Å². The first kappa shape index (κ1) is 14.5. The number of rotatable bonds is 4. The first-order chi connectivity index (χ1) is 10.2. The highest BCUT2D eigenvalue weighted by molar-refractivity contribution is 5.94. The Labute approximate surface area is 126 Å². The Morgan fingerprint density at radius 1 is 1.29 bits per heavy atom. The third-order valence-electron chi connectivity index (χ3n) is 4.69. The number of piperidine rings is 1. The van der Waals surface area contributed by atoms with Gasteiger partial charge >= 0.3 is 0 Å². The van der Waals surface area contributed by atoms with Crippen LogP contribution in [0.15, 0.2) is 18.3 Å². The van der Waals surface area contributed by atoms with E-state index in [1.54, 1.807) is 6.20 Å². The number of amidine groups is 1. The zero-order valence-corrected chi connectivity index (χ0v) is 12.6. The molecule has 1 aromatic rings. The Morgan fingerprint density at radius 2 is 2.10 bits per heavy atom. The first-order valence-corrected chi connectivity index (χ1v) is 7.99. The molecule has 3 heterocycles. The maximum atomic E-state index is 7.64. The summed E-state index contributed by atoms with van der Waals surface area (Å²) in [6.45, 7) is 5.65. The summed E-state index contributed by atoms with van der Waals surface area (Å²) in [5, 5.41) is 7.64. The zero-order valence-electron chi connectivity index (χ0n) is 12.6. The normalized spacial score (nSPS) is 24.3. The van der Waals surface area contributed by atoms with Gasteiger partial charge in [0.05, 0.1) is 0 Å². The summed E-state index contributed by atoms with van der Waals surface area (Å²) >= 11 is 0. The van der Waals surface area contributed by atoms with E-state index < -0.39 is 0 Å². The third kappa shape index (κ3) is 3.41. The molecule has 3 N–H and O–H groups in total. The summed E-state index contributed by atoms with van der Waals surface area (Å²) in [5.74, 6) is 0.0670. The van der Waals surface area contributed by atoms with Crippen molar-refractivity contribution in [3.63, 3.8) is 0 Å². The lowest BCUT2D eigenvalue weighted by Gasteiger charge is -2.32. The predicted molar refractivity (Wildman–Crippen MR) is 84.4 cm³/mol. The summed E-state index contributed by atoms with van der Waals surface area (Å²) in [6, 6.07) is 4.68. The Balaban J connectivity index is 1.61. The third-order valence-corrected chi connectivity index (χ3v) is 4.69. The van der Waals surface area contributed by atoms with Crippen LogP contribution in [-0.4, -0.2) is 52.8 Å². The number of aromatic nitrogens is 1. The number of hydrogen-bond acceptors (Lipinski definition) is 4. The molecule has 114 valence electrons. The van der Waals surface area contributed by atoms with Crippen LogP contribution in [-0.2, 0) is 6.54 Å². The van der Waals surface area contributed by atoms with Crippen LogP contribution in [0.1, 0.15) is 36.9 Å². The van der Waals surface area contributed by atoms with Crippen molar-refractivity contribution in [2.75, 3.05) is 26.2 Å². The van der Waals surface area contributed by atoms with Crippen LogP contribution in [0.4, 0.5) is 0 Å². The molecule has 1 unspecified atom stereocenters. The van der Waals surface area contributed by atoms with Gasteiger partial charge in [-0.15, -0.1) is 0 Å². The largest absolute Gasteiger partial charge is 0.382 e. The van der Waals surface area contributed by atoms with Gasteiger partial charge in [0.2, 0.25) is 0 Å². The molecule has 0 aliphatic carbocycles. The van der Waals surface area contributed by atoms with Gasteiger partial charge in [-0.05, 0) is 44.0 Å². The number of pyridine rings is 1. The standard InChI is InChI=1S/C16H25N5/c17-16(18)15-13(5-4-7-19-15)11-20-10-6-14(12-20)21-8-2-1-3-9-21/h4-5,7,14H,1-3,6,8-12H2,(H3,17,18). The average Bonchev–Trinajstić information content (AvgIpc) is 2.97. The Morgan fingerprint density at radius 3 is 2.86 bits per heavy atom. The second-order valence-corrected chi connectivity index (χ2v) is 6.20. The quantitative estimate of drug-likeness (QED) is 0.649. The molecule has 0 bridgehead atoms. The predicted octanol–water partition coefficient (Wildman–Crippen LogP) is 1.43. The number of nitrogens with two attached hydrogens (primary N) is 1. The molecule has 0 aromatic carbocycles. The van der Waals surface area contributed by atoms with Gasteiger partial charge in [0.15, 0.2) is 0 Å². The van der Waals surface area contributed by atoms with Gasteiger partial charge in [0.25, 0.3) is 0 Å². The van der Waals surface area contributed by atoms with E-state index in [2.05, 4.69) is 14.8 Å². The van der Waals surface area contributed by atoms with Gasteiger partial charge in [0, 0.05) is 31.9 Å². The fraction of sp³-hybridized carbons (Fsp3) is 0.625. The van der Waals surface area contributed by atoms with Crippen molar-refractivity contribution in [2.45, 2.75) is 38.3 Å². The molecular formula is C16H25N5. The minimum Gasteiger partial charge on any atom is -0.382 e. The number of nitrogen functional groups attached to an aromatic ring is 1. The molecule has 2 saturated heterocycles. The van der Waals surface area contributed by atoms with Crippen LogP contribution in [0.5, 0.6) is 0 Å². The van der Waals surface area contributed by atoms with E-state index in [9.17, 15) is 0 Å². The Kier molecular flexibility index (Phi) is 4.51. The summed E-state index contributed by atoms with van der Waals surface area (Å²) in [5.41, 5.74) is 7.34. The number of hydrogen-bond donors (Lipinski definition) is 2. The molecule has 1 atom stereocenters. The number of nitrogens with one attached hydrogen (secondary N) is 1. The van der Waals surface area contributed by atoms with Crippen molar-refractivity contribution >= 4 is 5.84 Å². The summed E-state index contributed by atoms with van der Waals surface area (Å²) in [4.78, 5) is 9.38. The lowest BCUT2D eigenvalue weighted by Crippen LogP contribution is -2.40. The van der Waals surface area contributed by atoms with Gasteiger partial charge in [0.1, 0.15) is 11.5 Å². The monoisotopic (exact) mass is 287 g/mol. The van der Waals surface area contributed by atoms with Crippen LogP contribution in [0.25, 0.3) is 0 Å². The van der Waals surface area contributed by atoms with E-state index in [1.165, 1.54) is 38.8 Å². The lowest BCUT2D eigenvalue weighted by molar-refractivity contribution is 0.161. The molecule has 0 radical (unpaired) electrons. The average molecular weight is 287 g/mol. The highest BCUT2D eigenvalue weighted by atomic mass is 15.3. The maximum absolute atomic E-state index is 7.64. The molecule has 2 fully saturated rings. The van der Waals surface area contributed by atoms with Crippen LogP contribution >= 0.6 is 0 Å². The summed E-state index contributed by atoms with van der Waals surface area (Å²) < 4.78 is 0. The minimum atomic E-state index is 0.0670. The van der Waals surface area contributed by atoms with Crippen LogP contribution < -0.4 is 5.73 Å². The van der Waals surface area contributed by atoms with E-state index in [0.29, 0.717) is 11.7 Å². The van der Waals surface area contributed by atoms with E-state index >= 15 is 0 Å². The molecule has 2 aliphatic heterocycles. The van der Waals surface area contributed by atoms with Crippen molar-refractivity contribution in [3.05, 3.63) is 29.6 Å². The Hall–Kier alpha value is -1.46. The van der Waals surface area contributed by atoms with Gasteiger partial charge in [-0.3, -0.25) is 20.2 Å². The van der Waals surface area contributed by atoms with Crippen molar-refractivity contribution in [3.8, 4) is 0 Å². The number of nitrogens with zero attached hydrogens (tertiary/aromatic N) is 3. The topological polar surface area (TPSA) is 69.2 Å². The van der Waals surface area contributed by atoms with Crippen LogP contribution in [0.3, 0.4) is 0 Å². The first-order valence-electron chi connectivity index (χ1n) is 7.99. The second-order valence-electron chi connectivity index (χ2n) is 6.20. The maximum Gasteiger partial charge on any atom is 0.142 e. The molecule has 0 saturated carbocycles. The highest BCUT2D eigenvalue weighted by Gasteiger charge is 2.28. The van der Waals surface area contributed by atoms with E-state index in [-0.39, 0.29) is 5.84 Å².